The molecule has 3 heteroatoms. The molecular weight excluding hydrogens is 226 g/mol. The van der Waals surface area contributed by atoms with Crippen LogP contribution in [0.3, 0.4) is 0 Å². The van der Waals surface area contributed by atoms with Crippen molar-refractivity contribution in [3.63, 3.8) is 0 Å². The first-order chi connectivity index (χ1) is 8.76. The van der Waals surface area contributed by atoms with Crippen molar-refractivity contribution >= 4 is 0 Å². The molecule has 1 aliphatic heterocycles. The van der Waals surface area contributed by atoms with E-state index in [0.29, 0.717) is 0 Å². The van der Waals surface area contributed by atoms with Gasteiger partial charge in [-0.3, -0.25) is 0 Å². The fraction of sp³-hybridized carbons (Fsp3) is 0.600. The Hall–Kier alpha value is -1.22. The third kappa shape index (κ3) is 2.78. The third-order valence-corrected chi connectivity index (χ3v) is 3.79. The van der Waals surface area contributed by atoms with Crippen LogP contribution in [0.25, 0.3) is 0 Å². The van der Waals surface area contributed by atoms with Crippen LogP contribution >= 0.6 is 0 Å². The molecule has 0 saturated carbocycles. The average Bonchev–Trinajstić information content (AvgIpc) is 2.40. The predicted molar refractivity (Wildman–Crippen MR) is 73.6 cm³/mol. The minimum Gasteiger partial charge on any atom is -0.496 e. The smallest absolute Gasteiger partial charge is 0.128 e. The van der Waals surface area contributed by atoms with Gasteiger partial charge in [-0.2, -0.15) is 0 Å². The number of hydrogen-bond donors (Lipinski definition) is 1. The SMILES string of the molecule is COc1ccc(C)c(OC)c1CC1CCNCC1. The number of hydrogen-bond acceptors (Lipinski definition) is 3. The van der Waals surface area contributed by atoms with Crippen LogP contribution in [0.15, 0.2) is 12.1 Å². The maximum absolute atomic E-state index is 5.56. The molecule has 0 unspecified atom stereocenters. The number of piperidine rings is 1. The van der Waals surface area contributed by atoms with Crippen molar-refractivity contribution in [2.75, 3.05) is 27.3 Å². The number of methoxy groups -OCH3 is 2. The lowest BCUT2D eigenvalue weighted by Crippen LogP contribution is -2.28. The molecule has 2 rings (SSSR count). The summed E-state index contributed by atoms with van der Waals surface area (Å²) in [6, 6.07) is 4.11. The largest absolute Gasteiger partial charge is 0.496 e. The Bertz CT molecular complexity index is 398. The predicted octanol–water partition coefficient (Wildman–Crippen LogP) is 2.55. The van der Waals surface area contributed by atoms with Gasteiger partial charge in [0.25, 0.3) is 0 Å². The van der Waals surface area contributed by atoms with Gasteiger partial charge in [0, 0.05) is 5.56 Å². The third-order valence-electron chi connectivity index (χ3n) is 3.79. The second-order valence-corrected chi connectivity index (χ2v) is 4.99. The monoisotopic (exact) mass is 249 g/mol. The van der Waals surface area contributed by atoms with Crippen LogP contribution < -0.4 is 14.8 Å². The number of aryl methyl sites for hydroxylation is 1. The van der Waals surface area contributed by atoms with Gasteiger partial charge in [-0.15, -0.1) is 0 Å². The van der Waals surface area contributed by atoms with E-state index in [2.05, 4.69) is 18.3 Å². The van der Waals surface area contributed by atoms with Crippen LogP contribution in [-0.4, -0.2) is 27.3 Å². The Labute approximate surface area is 109 Å². The highest BCUT2D eigenvalue weighted by Crippen LogP contribution is 2.35. The molecule has 18 heavy (non-hydrogen) atoms. The van der Waals surface area contributed by atoms with Gasteiger partial charge in [-0.25, -0.2) is 0 Å². The van der Waals surface area contributed by atoms with E-state index in [1.807, 2.05) is 6.07 Å². The number of rotatable bonds is 4. The molecule has 0 radical (unpaired) electrons. The van der Waals surface area contributed by atoms with Gasteiger partial charge in [0.05, 0.1) is 14.2 Å². The molecular formula is C15H23NO2. The maximum atomic E-state index is 5.56. The van der Waals surface area contributed by atoms with Gasteiger partial charge in [0.2, 0.25) is 0 Å². The summed E-state index contributed by atoms with van der Waals surface area (Å²) in [5.74, 6) is 2.68. The topological polar surface area (TPSA) is 30.5 Å². The molecule has 0 spiro atoms. The van der Waals surface area contributed by atoms with E-state index in [1.165, 1.54) is 24.0 Å². The Morgan fingerprint density at radius 2 is 1.89 bits per heavy atom. The highest BCUT2D eigenvalue weighted by molar-refractivity contribution is 5.49. The number of benzene rings is 1. The van der Waals surface area contributed by atoms with E-state index >= 15 is 0 Å². The molecule has 3 nitrogen and oxygen atoms in total. The van der Waals surface area contributed by atoms with Crippen LogP contribution in [-0.2, 0) is 6.42 Å². The molecule has 0 atom stereocenters. The summed E-state index contributed by atoms with van der Waals surface area (Å²) >= 11 is 0. The minimum absolute atomic E-state index is 0.732. The number of ether oxygens (including phenoxy) is 2. The molecule has 1 aromatic rings. The van der Waals surface area contributed by atoms with Crippen molar-refractivity contribution in [2.24, 2.45) is 5.92 Å². The number of nitrogens with one attached hydrogen (secondary N) is 1. The standard InChI is InChI=1S/C15H23NO2/c1-11-4-5-14(17-2)13(15(11)18-3)10-12-6-8-16-9-7-12/h4-5,12,16H,6-10H2,1-3H3. The second-order valence-electron chi connectivity index (χ2n) is 4.99. The Morgan fingerprint density at radius 1 is 1.17 bits per heavy atom. The van der Waals surface area contributed by atoms with Crippen LogP contribution in [0.5, 0.6) is 11.5 Å². The molecule has 0 amide bonds. The van der Waals surface area contributed by atoms with Crippen molar-refractivity contribution in [3.8, 4) is 11.5 Å². The normalized spacial score (nSPS) is 16.6. The van der Waals surface area contributed by atoms with Gasteiger partial charge in [-0.1, -0.05) is 6.07 Å². The zero-order valence-electron chi connectivity index (χ0n) is 11.6. The molecule has 1 fully saturated rings. The lowest BCUT2D eigenvalue weighted by molar-refractivity contribution is 0.346. The summed E-state index contributed by atoms with van der Waals surface area (Å²) in [6.07, 6.45) is 3.52. The molecule has 1 N–H and O–H groups in total. The molecule has 1 aromatic carbocycles. The van der Waals surface area contributed by atoms with E-state index in [-0.39, 0.29) is 0 Å². The first-order valence-electron chi connectivity index (χ1n) is 6.67. The van der Waals surface area contributed by atoms with Crippen molar-refractivity contribution in [1.29, 1.82) is 0 Å². The fourth-order valence-electron chi connectivity index (χ4n) is 2.77. The van der Waals surface area contributed by atoms with Crippen LogP contribution in [0.1, 0.15) is 24.0 Å². The average molecular weight is 249 g/mol. The molecule has 0 bridgehead atoms. The first kappa shape index (κ1) is 13.2. The van der Waals surface area contributed by atoms with E-state index in [4.69, 9.17) is 9.47 Å². The summed E-state index contributed by atoms with van der Waals surface area (Å²) in [5, 5.41) is 3.41. The summed E-state index contributed by atoms with van der Waals surface area (Å²) in [7, 11) is 3.48. The maximum Gasteiger partial charge on any atom is 0.128 e. The summed E-state index contributed by atoms with van der Waals surface area (Å²) in [5.41, 5.74) is 2.41. The van der Waals surface area contributed by atoms with Gasteiger partial charge < -0.3 is 14.8 Å². The zero-order valence-corrected chi connectivity index (χ0v) is 11.6. The van der Waals surface area contributed by atoms with Crippen LogP contribution in [0.2, 0.25) is 0 Å². The molecule has 100 valence electrons. The van der Waals surface area contributed by atoms with Gasteiger partial charge in [0.15, 0.2) is 0 Å². The van der Waals surface area contributed by atoms with Gasteiger partial charge in [-0.05, 0) is 56.8 Å². The lowest BCUT2D eigenvalue weighted by atomic mass is 9.89. The van der Waals surface area contributed by atoms with E-state index in [9.17, 15) is 0 Å². The molecule has 0 aromatic heterocycles. The summed E-state index contributed by atoms with van der Waals surface area (Å²) in [6.45, 7) is 4.34. The van der Waals surface area contributed by atoms with Crippen molar-refractivity contribution in [2.45, 2.75) is 26.2 Å². The lowest BCUT2D eigenvalue weighted by Gasteiger charge is -2.24. The Morgan fingerprint density at radius 3 is 2.50 bits per heavy atom. The fourth-order valence-corrected chi connectivity index (χ4v) is 2.77. The van der Waals surface area contributed by atoms with E-state index in [1.54, 1.807) is 14.2 Å². The molecule has 0 aliphatic carbocycles. The molecule has 1 saturated heterocycles. The highest BCUT2D eigenvalue weighted by atomic mass is 16.5. The Balaban J connectivity index is 2.25. The molecule has 1 aliphatic rings. The zero-order chi connectivity index (χ0) is 13.0. The van der Waals surface area contributed by atoms with E-state index in [0.717, 1.165) is 36.9 Å². The van der Waals surface area contributed by atoms with Gasteiger partial charge in [0.1, 0.15) is 11.5 Å². The quantitative estimate of drug-likeness (QED) is 0.889. The van der Waals surface area contributed by atoms with Gasteiger partial charge >= 0.3 is 0 Å². The molecule has 1 heterocycles. The Kier molecular flexibility index (Phi) is 4.48. The minimum atomic E-state index is 0.732. The van der Waals surface area contributed by atoms with Crippen molar-refractivity contribution < 1.29 is 9.47 Å². The first-order valence-corrected chi connectivity index (χ1v) is 6.67. The summed E-state index contributed by atoms with van der Waals surface area (Å²) < 4.78 is 11.1. The van der Waals surface area contributed by atoms with Crippen LogP contribution in [0.4, 0.5) is 0 Å². The highest BCUT2D eigenvalue weighted by Gasteiger charge is 2.19. The van der Waals surface area contributed by atoms with E-state index < -0.39 is 0 Å². The van der Waals surface area contributed by atoms with Crippen molar-refractivity contribution in [1.82, 2.24) is 5.32 Å². The summed E-state index contributed by atoms with van der Waals surface area (Å²) in [4.78, 5) is 0. The van der Waals surface area contributed by atoms with Crippen molar-refractivity contribution in [3.05, 3.63) is 23.3 Å². The van der Waals surface area contributed by atoms with Crippen LogP contribution in [0, 0.1) is 12.8 Å². The second kappa shape index (κ2) is 6.10.